The third-order valence-electron chi connectivity index (χ3n) is 5.07. The maximum atomic E-state index is 15.6. The number of aromatic hydroxyl groups is 1. The number of hydrogen-bond acceptors (Lipinski definition) is 4. The number of piperazine rings is 1. The van der Waals surface area contributed by atoms with Crippen LogP contribution in [-0.2, 0) is 6.54 Å². The number of ether oxygens (including phenoxy) is 1. The quantitative estimate of drug-likeness (QED) is 0.737. The Bertz CT molecular complexity index is 931. The minimum atomic E-state index is -0.526. The van der Waals surface area contributed by atoms with E-state index in [9.17, 15) is 5.11 Å². The molecular formula is C21H20ClFN2O2. The highest BCUT2D eigenvalue weighted by atomic mass is 35.5. The van der Waals surface area contributed by atoms with Crippen molar-refractivity contribution in [3.63, 3.8) is 0 Å². The number of rotatable bonds is 1. The normalized spacial score (nSPS) is 19.1. The molecule has 2 heterocycles. The standard InChI is InChI=1S/C21H20ClFN2O2/c1-2-4-13-9-14-11-25-8-7-24-10-15(25)12-27-21(14)20(23)18(13)19-16(22)5-3-6-17(19)26/h3,5-6,9,15,24,26H,7-8,10-12H2,1H3. The van der Waals surface area contributed by atoms with Crippen LogP contribution >= 0.6 is 11.6 Å². The second-order valence-corrected chi connectivity index (χ2v) is 7.16. The Morgan fingerprint density at radius 3 is 3.00 bits per heavy atom. The molecule has 2 aromatic carbocycles. The van der Waals surface area contributed by atoms with Crippen LogP contribution in [-0.4, -0.2) is 42.3 Å². The van der Waals surface area contributed by atoms with Crippen LogP contribution in [0.3, 0.4) is 0 Å². The van der Waals surface area contributed by atoms with Crippen LogP contribution in [0.5, 0.6) is 11.5 Å². The van der Waals surface area contributed by atoms with Crippen molar-refractivity contribution in [3.8, 4) is 34.5 Å². The topological polar surface area (TPSA) is 44.7 Å². The summed E-state index contributed by atoms with van der Waals surface area (Å²) in [7, 11) is 0. The number of hydrogen-bond donors (Lipinski definition) is 2. The van der Waals surface area contributed by atoms with Gasteiger partial charge in [-0.25, -0.2) is 4.39 Å². The van der Waals surface area contributed by atoms with Gasteiger partial charge in [0, 0.05) is 48.4 Å². The number of phenols is 1. The maximum Gasteiger partial charge on any atom is 0.174 e. The van der Waals surface area contributed by atoms with E-state index in [1.165, 1.54) is 6.07 Å². The lowest BCUT2D eigenvalue weighted by Gasteiger charge is -2.33. The van der Waals surface area contributed by atoms with E-state index in [1.54, 1.807) is 19.1 Å². The van der Waals surface area contributed by atoms with Crippen molar-refractivity contribution in [2.24, 2.45) is 0 Å². The van der Waals surface area contributed by atoms with Crippen molar-refractivity contribution in [1.29, 1.82) is 0 Å². The molecule has 4 rings (SSSR count). The molecule has 1 atom stereocenters. The summed E-state index contributed by atoms with van der Waals surface area (Å²) in [6.45, 7) is 5.31. The first-order valence-electron chi connectivity index (χ1n) is 8.93. The van der Waals surface area contributed by atoms with Crippen molar-refractivity contribution in [1.82, 2.24) is 10.2 Å². The Morgan fingerprint density at radius 1 is 1.37 bits per heavy atom. The van der Waals surface area contributed by atoms with Crippen molar-refractivity contribution in [2.75, 3.05) is 26.2 Å². The van der Waals surface area contributed by atoms with Gasteiger partial charge in [-0.15, -0.1) is 5.92 Å². The minimum Gasteiger partial charge on any atom is -0.507 e. The predicted molar refractivity (Wildman–Crippen MR) is 104 cm³/mol. The third kappa shape index (κ3) is 3.25. The van der Waals surface area contributed by atoms with E-state index < -0.39 is 5.82 Å². The Labute approximate surface area is 162 Å². The van der Waals surface area contributed by atoms with Crippen LogP contribution in [0.25, 0.3) is 11.1 Å². The molecule has 1 saturated heterocycles. The Balaban J connectivity index is 1.91. The van der Waals surface area contributed by atoms with E-state index in [2.05, 4.69) is 22.1 Å². The number of phenolic OH excluding ortho intramolecular Hbond substituents is 1. The number of halogens is 2. The monoisotopic (exact) mass is 386 g/mol. The van der Waals surface area contributed by atoms with E-state index in [0.717, 1.165) is 25.2 Å². The van der Waals surface area contributed by atoms with Gasteiger partial charge < -0.3 is 15.2 Å². The van der Waals surface area contributed by atoms with Gasteiger partial charge in [0.1, 0.15) is 12.4 Å². The maximum absolute atomic E-state index is 15.6. The van der Waals surface area contributed by atoms with Gasteiger partial charge in [-0.2, -0.15) is 0 Å². The van der Waals surface area contributed by atoms with Crippen LogP contribution < -0.4 is 10.1 Å². The minimum absolute atomic E-state index is 0.0873. The fraction of sp³-hybridized carbons (Fsp3) is 0.333. The molecule has 1 unspecified atom stereocenters. The van der Waals surface area contributed by atoms with Gasteiger partial charge >= 0.3 is 0 Å². The largest absolute Gasteiger partial charge is 0.507 e. The van der Waals surface area contributed by atoms with Crippen LogP contribution in [0.4, 0.5) is 4.39 Å². The molecule has 0 radical (unpaired) electrons. The van der Waals surface area contributed by atoms with Gasteiger partial charge in [0.15, 0.2) is 11.6 Å². The molecule has 0 aliphatic carbocycles. The van der Waals surface area contributed by atoms with Crippen LogP contribution in [0.1, 0.15) is 18.1 Å². The first-order valence-corrected chi connectivity index (χ1v) is 9.31. The van der Waals surface area contributed by atoms with Crippen LogP contribution in [0.2, 0.25) is 5.02 Å². The van der Waals surface area contributed by atoms with Gasteiger partial charge in [0.2, 0.25) is 0 Å². The molecule has 4 nitrogen and oxygen atoms in total. The summed E-state index contributed by atoms with van der Waals surface area (Å²) in [6.07, 6.45) is 0. The molecule has 2 N–H and O–H groups in total. The highest BCUT2D eigenvalue weighted by molar-refractivity contribution is 6.33. The smallest absolute Gasteiger partial charge is 0.174 e. The van der Waals surface area contributed by atoms with E-state index in [0.29, 0.717) is 18.7 Å². The van der Waals surface area contributed by atoms with Crippen molar-refractivity contribution in [2.45, 2.75) is 19.5 Å². The molecule has 0 spiro atoms. The van der Waals surface area contributed by atoms with Crippen molar-refractivity contribution in [3.05, 3.63) is 46.2 Å². The van der Waals surface area contributed by atoms with Gasteiger partial charge in [-0.3, -0.25) is 4.90 Å². The van der Waals surface area contributed by atoms with Gasteiger partial charge in [-0.1, -0.05) is 23.6 Å². The highest BCUT2D eigenvalue weighted by Crippen LogP contribution is 2.43. The molecule has 6 heteroatoms. The molecule has 0 aromatic heterocycles. The molecule has 2 aliphatic heterocycles. The summed E-state index contributed by atoms with van der Waals surface area (Å²) >= 11 is 6.29. The average molecular weight is 387 g/mol. The summed E-state index contributed by atoms with van der Waals surface area (Å²) in [5, 5.41) is 13.9. The molecule has 1 fully saturated rings. The second kappa shape index (κ2) is 7.40. The number of benzene rings is 2. The van der Waals surface area contributed by atoms with Crippen LogP contribution in [0.15, 0.2) is 24.3 Å². The average Bonchev–Trinajstić information content (AvgIpc) is 2.83. The first kappa shape index (κ1) is 18.1. The molecule has 2 aliphatic rings. The van der Waals surface area contributed by atoms with E-state index in [4.69, 9.17) is 16.3 Å². The van der Waals surface area contributed by atoms with E-state index in [-0.39, 0.29) is 33.7 Å². The third-order valence-corrected chi connectivity index (χ3v) is 5.38. The molecule has 0 bridgehead atoms. The number of nitrogens with zero attached hydrogens (tertiary/aromatic N) is 1. The first-order chi connectivity index (χ1) is 13.1. The molecule has 0 amide bonds. The van der Waals surface area contributed by atoms with Gasteiger partial charge in [0.05, 0.1) is 11.1 Å². The molecule has 0 saturated carbocycles. The van der Waals surface area contributed by atoms with E-state index in [1.807, 2.05) is 6.07 Å². The molecular weight excluding hydrogens is 367 g/mol. The summed E-state index contributed by atoms with van der Waals surface area (Å²) in [6, 6.07) is 6.79. The summed E-state index contributed by atoms with van der Waals surface area (Å²) < 4.78 is 21.5. The lowest BCUT2D eigenvalue weighted by molar-refractivity contribution is 0.119. The van der Waals surface area contributed by atoms with Gasteiger partial charge in [0.25, 0.3) is 0 Å². The second-order valence-electron chi connectivity index (χ2n) is 6.75. The van der Waals surface area contributed by atoms with Crippen LogP contribution in [0, 0.1) is 17.7 Å². The Kier molecular flexibility index (Phi) is 4.96. The predicted octanol–water partition coefficient (Wildman–Crippen LogP) is 3.39. The van der Waals surface area contributed by atoms with Crippen molar-refractivity contribution < 1.29 is 14.2 Å². The SMILES string of the molecule is CC#Cc1cc2c(c(F)c1-c1c(O)cccc1Cl)OCC1CNCCN1C2. The number of nitrogens with one attached hydrogen (secondary N) is 1. The Hall–Kier alpha value is -2.26. The summed E-state index contributed by atoms with van der Waals surface area (Å²) in [4.78, 5) is 2.30. The molecule has 140 valence electrons. The van der Waals surface area contributed by atoms with Crippen molar-refractivity contribution >= 4 is 11.6 Å². The fourth-order valence-electron chi connectivity index (χ4n) is 3.77. The zero-order valence-electron chi connectivity index (χ0n) is 15.0. The lowest BCUT2D eigenvalue weighted by atomic mass is 9.95. The molecule has 2 aromatic rings. The lowest BCUT2D eigenvalue weighted by Crippen LogP contribution is -2.52. The summed E-state index contributed by atoms with van der Waals surface area (Å²) in [5.74, 6) is 5.41. The highest BCUT2D eigenvalue weighted by Gasteiger charge is 2.31. The Morgan fingerprint density at radius 2 is 2.22 bits per heavy atom. The zero-order valence-corrected chi connectivity index (χ0v) is 15.7. The summed E-state index contributed by atoms with van der Waals surface area (Å²) in [5.41, 5.74) is 1.69. The van der Waals surface area contributed by atoms with Gasteiger partial charge in [-0.05, 0) is 25.1 Å². The molecule has 27 heavy (non-hydrogen) atoms. The number of fused-ring (bicyclic) bond motifs is 2. The fourth-order valence-corrected chi connectivity index (χ4v) is 4.03. The van der Waals surface area contributed by atoms with E-state index >= 15 is 4.39 Å². The zero-order chi connectivity index (χ0) is 19.0.